The lowest BCUT2D eigenvalue weighted by Gasteiger charge is -2.10. The van der Waals surface area contributed by atoms with Gasteiger partial charge in [-0.15, -0.1) is 0 Å². The Morgan fingerprint density at radius 3 is 2.35 bits per heavy atom. The van der Waals surface area contributed by atoms with E-state index in [9.17, 15) is 8.42 Å². The molecule has 0 bridgehead atoms. The summed E-state index contributed by atoms with van der Waals surface area (Å²) in [5.74, 6) is 0. The number of nitrogen functional groups attached to an aromatic ring is 1. The molecule has 3 N–H and O–H groups in total. The van der Waals surface area contributed by atoms with Crippen LogP contribution in [0, 0.1) is 11.3 Å². The van der Waals surface area contributed by atoms with Crippen LogP contribution in [0.25, 0.3) is 0 Å². The van der Waals surface area contributed by atoms with Crippen LogP contribution in [0.1, 0.15) is 5.56 Å². The fourth-order valence-electron chi connectivity index (χ4n) is 1.59. The molecule has 0 amide bonds. The van der Waals surface area contributed by atoms with Gasteiger partial charge in [0.2, 0.25) is 0 Å². The monoisotopic (exact) mass is 307 g/mol. The van der Waals surface area contributed by atoms with Crippen molar-refractivity contribution < 1.29 is 8.42 Å². The molecule has 2 rings (SSSR count). The van der Waals surface area contributed by atoms with Crippen LogP contribution in [0.15, 0.2) is 47.4 Å². The molecule has 2 aromatic carbocycles. The first kappa shape index (κ1) is 14.2. The number of nitriles is 1. The third-order valence-electron chi connectivity index (χ3n) is 2.52. The van der Waals surface area contributed by atoms with Gasteiger partial charge in [0.05, 0.1) is 17.3 Å². The van der Waals surface area contributed by atoms with Gasteiger partial charge in [-0.1, -0.05) is 11.6 Å². The molecule has 102 valence electrons. The molecule has 0 aliphatic carbocycles. The maximum atomic E-state index is 12.2. The number of nitrogens with two attached hydrogens (primary N) is 1. The Morgan fingerprint density at radius 1 is 1.15 bits per heavy atom. The van der Waals surface area contributed by atoms with Crippen LogP contribution in [0.2, 0.25) is 5.02 Å². The van der Waals surface area contributed by atoms with E-state index >= 15 is 0 Å². The van der Waals surface area contributed by atoms with Gasteiger partial charge in [0.25, 0.3) is 10.0 Å². The molecule has 0 unspecified atom stereocenters. The first-order valence-electron chi connectivity index (χ1n) is 5.50. The summed E-state index contributed by atoms with van der Waals surface area (Å²) in [5, 5.41) is 9.24. The van der Waals surface area contributed by atoms with Crippen molar-refractivity contribution in [1.82, 2.24) is 0 Å². The van der Waals surface area contributed by atoms with E-state index in [4.69, 9.17) is 22.6 Å². The van der Waals surface area contributed by atoms with Crippen molar-refractivity contribution in [3.63, 3.8) is 0 Å². The highest BCUT2D eigenvalue weighted by Crippen LogP contribution is 2.23. The van der Waals surface area contributed by atoms with E-state index in [1.54, 1.807) is 24.3 Å². The van der Waals surface area contributed by atoms with Gasteiger partial charge < -0.3 is 5.73 Å². The summed E-state index contributed by atoms with van der Waals surface area (Å²) in [4.78, 5) is -0.0774. The fourth-order valence-corrected chi connectivity index (χ4v) is 2.89. The zero-order chi connectivity index (χ0) is 14.8. The second kappa shape index (κ2) is 5.41. The molecule has 0 radical (unpaired) electrons. The molecule has 2 aromatic rings. The summed E-state index contributed by atoms with van der Waals surface area (Å²) >= 11 is 5.73. The summed E-state index contributed by atoms with van der Waals surface area (Å²) in [6, 6.07) is 12.1. The van der Waals surface area contributed by atoms with Crippen LogP contribution in [-0.4, -0.2) is 8.42 Å². The number of sulfonamides is 1. The topological polar surface area (TPSA) is 96.0 Å². The van der Waals surface area contributed by atoms with Crippen LogP contribution in [-0.2, 0) is 10.0 Å². The van der Waals surface area contributed by atoms with E-state index in [2.05, 4.69) is 4.72 Å². The first-order chi connectivity index (χ1) is 9.42. The van der Waals surface area contributed by atoms with Crippen molar-refractivity contribution in [2.24, 2.45) is 0 Å². The van der Waals surface area contributed by atoms with Crippen molar-refractivity contribution in [2.45, 2.75) is 4.90 Å². The Bertz CT molecular complexity index is 780. The molecule has 0 heterocycles. The Labute approximate surface area is 121 Å². The number of benzene rings is 2. The predicted octanol–water partition coefficient (Wildman–Crippen LogP) is 2.59. The maximum absolute atomic E-state index is 12.2. The lowest BCUT2D eigenvalue weighted by Crippen LogP contribution is -2.14. The van der Waals surface area contributed by atoms with Crippen molar-refractivity contribution in [2.75, 3.05) is 10.5 Å². The van der Waals surface area contributed by atoms with Crippen LogP contribution < -0.4 is 10.5 Å². The van der Waals surface area contributed by atoms with Crippen molar-refractivity contribution in [3.05, 3.63) is 53.1 Å². The molecule has 0 aliphatic heterocycles. The molecule has 5 nitrogen and oxygen atoms in total. The molecule has 0 aromatic heterocycles. The molecule has 0 fully saturated rings. The first-order valence-corrected chi connectivity index (χ1v) is 7.36. The molecule has 0 atom stereocenters. The minimum atomic E-state index is -3.81. The average Bonchev–Trinajstić information content (AvgIpc) is 2.40. The van der Waals surface area contributed by atoms with Crippen molar-refractivity contribution >= 4 is 33.0 Å². The van der Waals surface area contributed by atoms with Crippen molar-refractivity contribution in [3.8, 4) is 6.07 Å². The summed E-state index contributed by atoms with van der Waals surface area (Å²) in [6.07, 6.45) is 0. The number of hydrogen-bond donors (Lipinski definition) is 2. The molecular weight excluding hydrogens is 298 g/mol. The predicted molar refractivity (Wildman–Crippen MR) is 77.8 cm³/mol. The number of nitrogens with zero attached hydrogens (tertiary/aromatic N) is 1. The molecule has 0 spiro atoms. The number of anilines is 2. The van der Waals surface area contributed by atoms with Crippen LogP contribution in [0.4, 0.5) is 11.4 Å². The van der Waals surface area contributed by atoms with Crippen LogP contribution >= 0.6 is 11.6 Å². The Morgan fingerprint density at radius 2 is 1.80 bits per heavy atom. The highest BCUT2D eigenvalue weighted by atomic mass is 35.5. The van der Waals surface area contributed by atoms with Gasteiger partial charge in [-0.2, -0.15) is 5.26 Å². The molecule has 0 saturated carbocycles. The van der Waals surface area contributed by atoms with Gasteiger partial charge in [-0.25, -0.2) is 8.42 Å². The summed E-state index contributed by atoms with van der Waals surface area (Å²) in [7, 11) is -3.81. The zero-order valence-corrected chi connectivity index (χ0v) is 11.7. The highest BCUT2D eigenvalue weighted by Gasteiger charge is 2.17. The zero-order valence-electron chi connectivity index (χ0n) is 10.2. The van der Waals surface area contributed by atoms with Gasteiger partial charge in [0, 0.05) is 10.7 Å². The standard InChI is InChI=1S/C13H10ClN3O2S/c14-10-2-4-11(5-3-10)17-20(18,19)13-6-1-9(8-15)7-12(13)16/h1-7,17H,16H2. The summed E-state index contributed by atoms with van der Waals surface area (Å²) < 4.78 is 26.8. The van der Waals surface area contributed by atoms with Crippen LogP contribution in [0.3, 0.4) is 0 Å². The quantitative estimate of drug-likeness (QED) is 0.852. The lowest BCUT2D eigenvalue weighted by molar-refractivity contribution is 0.601. The molecule has 7 heteroatoms. The van der Waals surface area contributed by atoms with Gasteiger partial charge in [-0.3, -0.25) is 4.72 Å². The van der Waals surface area contributed by atoms with Gasteiger partial charge >= 0.3 is 0 Å². The van der Waals surface area contributed by atoms with E-state index in [0.29, 0.717) is 16.3 Å². The molecular formula is C13H10ClN3O2S. The number of hydrogen-bond acceptors (Lipinski definition) is 4. The Hall–Kier alpha value is -2.23. The van der Waals surface area contributed by atoms with E-state index < -0.39 is 10.0 Å². The third-order valence-corrected chi connectivity index (χ3v) is 4.23. The molecule has 20 heavy (non-hydrogen) atoms. The van der Waals surface area contributed by atoms with Gasteiger partial charge in [0.1, 0.15) is 4.90 Å². The lowest BCUT2D eigenvalue weighted by atomic mass is 10.2. The van der Waals surface area contributed by atoms with Crippen LogP contribution in [0.5, 0.6) is 0 Å². The molecule has 0 saturated heterocycles. The Balaban J connectivity index is 2.36. The highest BCUT2D eigenvalue weighted by molar-refractivity contribution is 7.92. The van der Waals surface area contributed by atoms with E-state index in [1.807, 2.05) is 6.07 Å². The minimum Gasteiger partial charge on any atom is -0.398 e. The van der Waals surface area contributed by atoms with E-state index in [1.165, 1.54) is 18.2 Å². The van der Waals surface area contributed by atoms with Crippen molar-refractivity contribution in [1.29, 1.82) is 5.26 Å². The largest absolute Gasteiger partial charge is 0.398 e. The molecule has 0 aliphatic rings. The summed E-state index contributed by atoms with van der Waals surface area (Å²) in [6.45, 7) is 0. The maximum Gasteiger partial charge on any atom is 0.263 e. The number of rotatable bonds is 3. The van der Waals surface area contributed by atoms with Gasteiger partial charge in [0.15, 0.2) is 0 Å². The Kier molecular flexibility index (Phi) is 3.84. The SMILES string of the molecule is N#Cc1ccc(S(=O)(=O)Nc2ccc(Cl)cc2)c(N)c1. The number of halogens is 1. The normalized spacial score (nSPS) is 10.8. The minimum absolute atomic E-state index is 0.0190. The van der Waals surface area contributed by atoms with E-state index in [0.717, 1.165) is 0 Å². The van der Waals surface area contributed by atoms with E-state index in [-0.39, 0.29) is 10.6 Å². The smallest absolute Gasteiger partial charge is 0.263 e. The second-order valence-electron chi connectivity index (χ2n) is 3.98. The summed E-state index contributed by atoms with van der Waals surface area (Å²) in [5.41, 5.74) is 6.36. The third kappa shape index (κ3) is 3.02. The second-order valence-corrected chi connectivity index (χ2v) is 6.06. The fraction of sp³-hybridized carbons (Fsp3) is 0. The number of nitrogens with one attached hydrogen (secondary N) is 1. The van der Waals surface area contributed by atoms with Gasteiger partial charge in [-0.05, 0) is 42.5 Å². The average molecular weight is 308 g/mol.